The SMILES string of the molecule is CCNC(=NCC1(C)COC1)N1CCN(Cc2ccc(Br)c(F)c2)CC1.I. The Morgan fingerprint density at radius 2 is 2.00 bits per heavy atom. The van der Waals surface area contributed by atoms with Crippen molar-refractivity contribution in [1.29, 1.82) is 0 Å². The summed E-state index contributed by atoms with van der Waals surface area (Å²) in [6.45, 7) is 12.1. The van der Waals surface area contributed by atoms with Crippen LogP contribution in [0.3, 0.4) is 0 Å². The second kappa shape index (κ2) is 10.4. The second-order valence-electron chi connectivity index (χ2n) is 7.49. The Bertz CT molecular complexity index is 649. The number of benzene rings is 1. The fourth-order valence-electron chi connectivity index (χ4n) is 3.25. The van der Waals surface area contributed by atoms with Gasteiger partial charge in [0.2, 0.25) is 0 Å². The van der Waals surface area contributed by atoms with Crippen LogP contribution in [0, 0.1) is 11.2 Å². The van der Waals surface area contributed by atoms with E-state index in [0.717, 1.165) is 70.6 Å². The first kappa shape index (κ1) is 22.8. The molecule has 0 saturated carbocycles. The number of piperazine rings is 1. The standard InChI is InChI=1S/C19H28BrFN4O.HI/c1-3-22-18(23-12-19(2)13-26-14-19)25-8-6-24(7-9-25)11-15-4-5-16(20)17(21)10-15;/h4-5,10H,3,6-9,11-14H2,1-2H3,(H,22,23);1H. The van der Waals surface area contributed by atoms with E-state index in [1.807, 2.05) is 6.07 Å². The molecular formula is C19H29BrFIN4O. The van der Waals surface area contributed by atoms with Crippen LogP contribution in [0.2, 0.25) is 0 Å². The van der Waals surface area contributed by atoms with Gasteiger partial charge in [0.25, 0.3) is 0 Å². The number of guanidine groups is 1. The van der Waals surface area contributed by atoms with Crippen LogP contribution in [0.5, 0.6) is 0 Å². The van der Waals surface area contributed by atoms with Gasteiger partial charge in [0.15, 0.2) is 5.96 Å². The summed E-state index contributed by atoms with van der Waals surface area (Å²) < 4.78 is 19.5. The molecule has 0 amide bonds. The van der Waals surface area contributed by atoms with Crippen LogP contribution in [0.15, 0.2) is 27.7 Å². The quantitative estimate of drug-likeness (QED) is 0.344. The first-order chi connectivity index (χ1) is 12.5. The molecule has 2 fully saturated rings. The van der Waals surface area contributed by atoms with Gasteiger partial charge in [0.1, 0.15) is 5.82 Å². The number of halogens is 3. The summed E-state index contributed by atoms with van der Waals surface area (Å²) in [6.07, 6.45) is 0. The zero-order valence-electron chi connectivity index (χ0n) is 16.0. The highest BCUT2D eigenvalue weighted by Crippen LogP contribution is 2.26. The van der Waals surface area contributed by atoms with Gasteiger partial charge in [0, 0.05) is 44.7 Å². The summed E-state index contributed by atoms with van der Waals surface area (Å²) in [7, 11) is 0. The monoisotopic (exact) mass is 554 g/mol. The van der Waals surface area contributed by atoms with Crippen molar-refractivity contribution in [2.24, 2.45) is 10.4 Å². The van der Waals surface area contributed by atoms with E-state index in [1.165, 1.54) is 0 Å². The van der Waals surface area contributed by atoms with E-state index in [4.69, 9.17) is 9.73 Å². The molecule has 8 heteroatoms. The molecule has 0 bridgehead atoms. The third kappa shape index (κ3) is 6.27. The van der Waals surface area contributed by atoms with E-state index in [0.29, 0.717) is 4.47 Å². The molecule has 0 radical (unpaired) electrons. The third-order valence-corrected chi connectivity index (χ3v) is 5.55. The van der Waals surface area contributed by atoms with Gasteiger partial charge in [-0.1, -0.05) is 13.0 Å². The Labute approximate surface area is 186 Å². The fraction of sp³-hybridized carbons (Fsp3) is 0.632. The van der Waals surface area contributed by atoms with E-state index in [9.17, 15) is 4.39 Å². The highest BCUT2D eigenvalue weighted by molar-refractivity contribution is 14.0. The topological polar surface area (TPSA) is 40.1 Å². The number of hydrogen-bond acceptors (Lipinski definition) is 3. The number of aliphatic imine (C=N–C) groups is 1. The Balaban J connectivity index is 0.00000261. The molecule has 2 saturated heterocycles. The summed E-state index contributed by atoms with van der Waals surface area (Å²) in [6, 6.07) is 5.37. The van der Waals surface area contributed by atoms with Gasteiger partial charge in [0.05, 0.1) is 24.2 Å². The smallest absolute Gasteiger partial charge is 0.194 e. The molecule has 2 heterocycles. The Kier molecular flexibility index (Phi) is 8.76. The van der Waals surface area contributed by atoms with Gasteiger partial charge in [-0.05, 0) is 40.5 Å². The van der Waals surface area contributed by atoms with Crippen LogP contribution in [-0.4, -0.2) is 68.2 Å². The molecular weight excluding hydrogens is 526 g/mol. The van der Waals surface area contributed by atoms with Crippen LogP contribution in [0.1, 0.15) is 19.4 Å². The largest absolute Gasteiger partial charge is 0.380 e. The van der Waals surface area contributed by atoms with E-state index >= 15 is 0 Å². The number of nitrogens with one attached hydrogen (secondary N) is 1. The van der Waals surface area contributed by atoms with Crippen molar-refractivity contribution in [3.63, 3.8) is 0 Å². The van der Waals surface area contributed by atoms with Gasteiger partial charge >= 0.3 is 0 Å². The molecule has 0 aromatic heterocycles. The van der Waals surface area contributed by atoms with Crippen molar-refractivity contribution in [3.05, 3.63) is 34.1 Å². The Hall–Kier alpha value is -0.450. The van der Waals surface area contributed by atoms with Crippen molar-refractivity contribution in [3.8, 4) is 0 Å². The Morgan fingerprint density at radius 3 is 2.56 bits per heavy atom. The van der Waals surface area contributed by atoms with E-state index in [2.05, 4.69) is 44.9 Å². The molecule has 5 nitrogen and oxygen atoms in total. The molecule has 0 atom stereocenters. The summed E-state index contributed by atoms with van der Waals surface area (Å²) >= 11 is 3.21. The van der Waals surface area contributed by atoms with Crippen molar-refractivity contribution >= 4 is 45.9 Å². The van der Waals surface area contributed by atoms with E-state index in [-0.39, 0.29) is 35.2 Å². The molecule has 0 spiro atoms. The van der Waals surface area contributed by atoms with Gasteiger partial charge in [-0.15, -0.1) is 24.0 Å². The maximum atomic E-state index is 13.7. The summed E-state index contributed by atoms with van der Waals surface area (Å²) in [5.74, 6) is 0.797. The minimum absolute atomic E-state index is 0. The first-order valence-electron chi connectivity index (χ1n) is 9.26. The number of rotatable bonds is 5. The molecule has 2 aliphatic rings. The molecule has 152 valence electrons. The molecule has 27 heavy (non-hydrogen) atoms. The number of nitrogens with zero attached hydrogens (tertiary/aromatic N) is 3. The molecule has 3 rings (SSSR count). The van der Waals surface area contributed by atoms with E-state index in [1.54, 1.807) is 12.1 Å². The van der Waals surface area contributed by atoms with Gasteiger partial charge in [-0.25, -0.2) is 4.39 Å². The van der Waals surface area contributed by atoms with Crippen molar-refractivity contribution in [1.82, 2.24) is 15.1 Å². The lowest BCUT2D eigenvalue weighted by atomic mass is 9.89. The van der Waals surface area contributed by atoms with Crippen molar-refractivity contribution < 1.29 is 9.13 Å². The highest BCUT2D eigenvalue weighted by atomic mass is 127. The molecule has 1 aromatic rings. The molecule has 0 aliphatic carbocycles. The highest BCUT2D eigenvalue weighted by Gasteiger charge is 2.33. The number of ether oxygens (including phenoxy) is 1. The predicted molar refractivity (Wildman–Crippen MR) is 121 cm³/mol. The lowest BCUT2D eigenvalue weighted by Gasteiger charge is -2.39. The zero-order valence-corrected chi connectivity index (χ0v) is 19.9. The zero-order chi connectivity index (χ0) is 18.6. The maximum absolute atomic E-state index is 13.7. The third-order valence-electron chi connectivity index (χ3n) is 4.91. The average Bonchev–Trinajstić information content (AvgIpc) is 2.61. The van der Waals surface area contributed by atoms with Gasteiger partial charge < -0.3 is 15.0 Å². The lowest BCUT2D eigenvalue weighted by Crippen LogP contribution is -2.52. The van der Waals surface area contributed by atoms with Gasteiger partial charge in [-0.2, -0.15) is 0 Å². The summed E-state index contributed by atoms with van der Waals surface area (Å²) in [5, 5.41) is 3.41. The minimum Gasteiger partial charge on any atom is -0.380 e. The van der Waals surface area contributed by atoms with Crippen LogP contribution < -0.4 is 5.32 Å². The van der Waals surface area contributed by atoms with Crippen LogP contribution in [0.4, 0.5) is 4.39 Å². The minimum atomic E-state index is -0.198. The summed E-state index contributed by atoms with van der Waals surface area (Å²) in [4.78, 5) is 9.53. The number of hydrogen-bond donors (Lipinski definition) is 1. The lowest BCUT2D eigenvalue weighted by molar-refractivity contribution is -0.0946. The molecule has 2 aliphatic heterocycles. The maximum Gasteiger partial charge on any atom is 0.194 e. The van der Waals surface area contributed by atoms with Crippen LogP contribution >= 0.6 is 39.9 Å². The summed E-state index contributed by atoms with van der Waals surface area (Å²) in [5.41, 5.74) is 1.20. The van der Waals surface area contributed by atoms with Crippen molar-refractivity contribution in [2.75, 3.05) is 52.5 Å². The normalized spacial score (nSPS) is 20.0. The van der Waals surface area contributed by atoms with Gasteiger partial charge in [-0.3, -0.25) is 9.89 Å². The van der Waals surface area contributed by atoms with Crippen LogP contribution in [-0.2, 0) is 11.3 Å². The first-order valence-corrected chi connectivity index (χ1v) is 10.1. The molecule has 0 unspecified atom stereocenters. The van der Waals surface area contributed by atoms with Crippen molar-refractivity contribution in [2.45, 2.75) is 20.4 Å². The molecule has 1 N–H and O–H groups in total. The van der Waals surface area contributed by atoms with Crippen LogP contribution in [0.25, 0.3) is 0 Å². The fourth-order valence-corrected chi connectivity index (χ4v) is 3.49. The van der Waals surface area contributed by atoms with E-state index < -0.39 is 0 Å². The average molecular weight is 555 g/mol. The predicted octanol–water partition coefficient (Wildman–Crippen LogP) is 3.33. The second-order valence-corrected chi connectivity index (χ2v) is 8.34. The molecule has 1 aromatic carbocycles. The Morgan fingerprint density at radius 1 is 1.30 bits per heavy atom.